The number of β-amino-alcohol motifs (C(OH)–C–C–N with tert-alkyl or cyclic N) is 1. The van der Waals surface area contributed by atoms with Gasteiger partial charge < -0.3 is 9.84 Å². The van der Waals surface area contributed by atoms with Crippen LogP contribution in [0.3, 0.4) is 0 Å². The first kappa shape index (κ1) is 17.4. The first-order valence-corrected chi connectivity index (χ1v) is 8.39. The zero-order valence-corrected chi connectivity index (χ0v) is 14.1. The number of carbonyl (C=O) groups is 3. The molecule has 3 rings (SSSR count). The van der Waals surface area contributed by atoms with E-state index in [2.05, 4.69) is 0 Å². The molecule has 0 unspecified atom stereocenters. The van der Waals surface area contributed by atoms with Crippen molar-refractivity contribution in [1.29, 1.82) is 0 Å². The lowest BCUT2D eigenvalue weighted by Gasteiger charge is -2.19. The maximum absolute atomic E-state index is 12.3. The molecule has 1 aliphatic carbocycles. The molecule has 0 radical (unpaired) electrons. The van der Waals surface area contributed by atoms with E-state index in [4.69, 9.17) is 4.74 Å². The molecule has 1 fully saturated rings. The summed E-state index contributed by atoms with van der Waals surface area (Å²) in [6.45, 7) is 1.39. The average molecular weight is 343 g/mol. The van der Waals surface area contributed by atoms with E-state index in [1.165, 1.54) is 6.92 Å². The first-order valence-electron chi connectivity index (χ1n) is 8.39. The van der Waals surface area contributed by atoms with Crippen molar-refractivity contribution >= 4 is 17.6 Å². The summed E-state index contributed by atoms with van der Waals surface area (Å²) in [4.78, 5) is 37.1. The summed E-state index contributed by atoms with van der Waals surface area (Å²) in [5.41, 5.74) is 0.581. The highest BCUT2D eigenvalue weighted by Gasteiger charge is 2.47. The molecule has 3 atom stereocenters. The van der Waals surface area contributed by atoms with Gasteiger partial charge in [-0.25, -0.2) is 0 Å². The SMILES string of the molecule is CC(=O)c1ccc(OC[C@@H](O)CN2C(=O)[C@H]3CC=CC[C@H]3C2=O)cc1. The lowest BCUT2D eigenvalue weighted by molar-refractivity contribution is -0.141. The Labute approximate surface area is 146 Å². The van der Waals surface area contributed by atoms with E-state index in [0.717, 1.165) is 4.90 Å². The molecule has 132 valence electrons. The van der Waals surface area contributed by atoms with E-state index < -0.39 is 6.10 Å². The normalized spacial score (nSPS) is 23.5. The molecule has 2 aliphatic rings. The lowest BCUT2D eigenvalue weighted by atomic mass is 9.85. The van der Waals surface area contributed by atoms with Gasteiger partial charge in [-0.05, 0) is 44.0 Å². The highest BCUT2D eigenvalue weighted by atomic mass is 16.5. The number of nitrogens with zero attached hydrogens (tertiary/aromatic N) is 1. The largest absolute Gasteiger partial charge is 0.491 e. The van der Waals surface area contributed by atoms with Crippen molar-refractivity contribution in [1.82, 2.24) is 4.90 Å². The Kier molecular flexibility index (Phi) is 4.99. The van der Waals surface area contributed by atoms with Crippen molar-refractivity contribution in [3.8, 4) is 5.75 Å². The Balaban J connectivity index is 1.54. The third-order valence-electron chi connectivity index (χ3n) is 4.70. The van der Waals surface area contributed by atoms with Crippen molar-refractivity contribution in [2.24, 2.45) is 11.8 Å². The standard InChI is InChI=1S/C19H21NO5/c1-12(21)13-6-8-15(9-7-13)25-11-14(22)10-20-18(23)16-4-2-3-5-17(16)19(20)24/h2-3,6-9,14,16-17,22H,4-5,10-11H2,1H3/t14-,16-,17+/m0/s1. The molecular formula is C19H21NO5. The number of aliphatic hydroxyl groups excluding tert-OH is 1. The zero-order valence-electron chi connectivity index (χ0n) is 14.1. The molecule has 1 saturated heterocycles. The molecule has 0 bridgehead atoms. The van der Waals surface area contributed by atoms with Crippen LogP contribution in [0.5, 0.6) is 5.75 Å². The number of likely N-dealkylation sites (tertiary alicyclic amines) is 1. The highest BCUT2D eigenvalue weighted by Crippen LogP contribution is 2.35. The van der Waals surface area contributed by atoms with Crippen LogP contribution in [0.4, 0.5) is 0 Å². The van der Waals surface area contributed by atoms with Gasteiger partial charge in [0, 0.05) is 5.56 Å². The number of amides is 2. The second kappa shape index (κ2) is 7.19. The lowest BCUT2D eigenvalue weighted by Crippen LogP contribution is -2.40. The Morgan fingerprint density at radius 2 is 1.72 bits per heavy atom. The summed E-state index contributed by atoms with van der Waals surface area (Å²) in [5.74, 6) is -0.502. The van der Waals surface area contributed by atoms with Crippen molar-refractivity contribution in [2.75, 3.05) is 13.2 Å². The zero-order chi connectivity index (χ0) is 18.0. The summed E-state index contributed by atoms with van der Waals surface area (Å²) in [5, 5.41) is 10.1. The van der Waals surface area contributed by atoms with E-state index in [1.807, 2.05) is 12.2 Å². The minimum Gasteiger partial charge on any atom is -0.491 e. The van der Waals surface area contributed by atoms with E-state index in [0.29, 0.717) is 24.2 Å². The minimum absolute atomic E-state index is 0.0337. The number of Topliss-reactive ketones (excluding diaryl/α,β-unsaturated/α-hetero) is 1. The molecule has 0 spiro atoms. The third-order valence-corrected chi connectivity index (χ3v) is 4.70. The van der Waals surface area contributed by atoms with Gasteiger partial charge in [0.2, 0.25) is 11.8 Å². The van der Waals surface area contributed by atoms with E-state index >= 15 is 0 Å². The fraction of sp³-hybridized carbons (Fsp3) is 0.421. The summed E-state index contributed by atoms with van der Waals surface area (Å²) < 4.78 is 5.48. The van der Waals surface area contributed by atoms with E-state index in [9.17, 15) is 19.5 Å². The molecule has 1 aromatic rings. The van der Waals surface area contributed by atoms with E-state index in [1.54, 1.807) is 24.3 Å². The Hall–Kier alpha value is -2.47. The van der Waals surface area contributed by atoms with E-state index in [-0.39, 0.29) is 42.6 Å². The summed E-state index contributed by atoms with van der Waals surface area (Å²) in [6.07, 6.45) is 4.07. The van der Waals surface area contributed by atoms with Crippen LogP contribution in [-0.2, 0) is 9.59 Å². The number of carbonyl (C=O) groups excluding carboxylic acids is 3. The molecule has 0 aromatic heterocycles. The molecule has 6 nitrogen and oxygen atoms in total. The second-order valence-electron chi connectivity index (χ2n) is 6.49. The molecule has 1 heterocycles. The maximum Gasteiger partial charge on any atom is 0.233 e. The number of ketones is 1. The second-order valence-corrected chi connectivity index (χ2v) is 6.49. The van der Waals surface area contributed by atoms with Gasteiger partial charge in [0.25, 0.3) is 0 Å². The number of aliphatic hydroxyl groups is 1. The predicted molar refractivity (Wildman–Crippen MR) is 90.0 cm³/mol. The number of hydrogen-bond donors (Lipinski definition) is 1. The number of rotatable bonds is 6. The fourth-order valence-electron chi connectivity index (χ4n) is 3.29. The van der Waals surface area contributed by atoms with Crippen LogP contribution in [0.25, 0.3) is 0 Å². The third kappa shape index (κ3) is 3.64. The van der Waals surface area contributed by atoms with Gasteiger partial charge in [0.1, 0.15) is 18.5 Å². The summed E-state index contributed by atoms with van der Waals surface area (Å²) in [7, 11) is 0. The van der Waals surface area contributed by atoms with Gasteiger partial charge in [-0.3, -0.25) is 19.3 Å². The Morgan fingerprint density at radius 1 is 1.16 bits per heavy atom. The van der Waals surface area contributed by atoms with Crippen LogP contribution >= 0.6 is 0 Å². The molecule has 1 N–H and O–H groups in total. The van der Waals surface area contributed by atoms with Gasteiger partial charge in [-0.2, -0.15) is 0 Å². The van der Waals surface area contributed by atoms with Crippen LogP contribution in [0.1, 0.15) is 30.1 Å². The average Bonchev–Trinajstić information content (AvgIpc) is 2.86. The number of ether oxygens (including phenoxy) is 1. The van der Waals surface area contributed by atoms with Gasteiger partial charge in [-0.1, -0.05) is 12.2 Å². The fourth-order valence-corrected chi connectivity index (χ4v) is 3.29. The molecule has 2 amide bonds. The Bertz CT molecular complexity index is 683. The molecular weight excluding hydrogens is 322 g/mol. The number of imide groups is 1. The van der Waals surface area contributed by atoms with Crippen molar-refractivity contribution in [3.63, 3.8) is 0 Å². The number of benzene rings is 1. The topological polar surface area (TPSA) is 83.9 Å². The van der Waals surface area contributed by atoms with Crippen LogP contribution in [0.15, 0.2) is 36.4 Å². The van der Waals surface area contributed by atoms with Gasteiger partial charge in [-0.15, -0.1) is 0 Å². The summed E-state index contributed by atoms with van der Waals surface area (Å²) in [6, 6.07) is 6.59. The molecule has 1 aromatic carbocycles. The molecule has 6 heteroatoms. The van der Waals surface area contributed by atoms with Gasteiger partial charge in [0.15, 0.2) is 5.78 Å². The number of allylic oxidation sites excluding steroid dienone is 2. The predicted octanol–water partition coefficient (Wildman–Crippen LogP) is 1.58. The number of hydrogen-bond acceptors (Lipinski definition) is 5. The summed E-state index contributed by atoms with van der Waals surface area (Å²) >= 11 is 0. The highest BCUT2D eigenvalue weighted by molar-refractivity contribution is 6.05. The van der Waals surface area contributed by atoms with Crippen molar-refractivity contribution < 1.29 is 24.2 Å². The van der Waals surface area contributed by atoms with Crippen LogP contribution in [-0.4, -0.2) is 46.9 Å². The van der Waals surface area contributed by atoms with Crippen LogP contribution in [0, 0.1) is 11.8 Å². The monoisotopic (exact) mass is 343 g/mol. The molecule has 1 aliphatic heterocycles. The molecule has 0 saturated carbocycles. The smallest absolute Gasteiger partial charge is 0.233 e. The van der Waals surface area contributed by atoms with Crippen LogP contribution in [0.2, 0.25) is 0 Å². The van der Waals surface area contributed by atoms with Crippen molar-refractivity contribution in [3.05, 3.63) is 42.0 Å². The van der Waals surface area contributed by atoms with Crippen molar-refractivity contribution in [2.45, 2.75) is 25.9 Å². The minimum atomic E-state index is -0.964. The van der Waals surface area contributed by atoms with Crippen LogP contribution < -0.4 is 4.74 Å². The first-order chi connectivity index (χ1) is 12.0. The quantitative estimate of drug-likeness (QED) is 0.482. The Morgan fingerprint density at radius 3 is 2.24 bits per heavy atom. The molecule has 25 heavy (non-hydrogen) atoms. The van der Waals surface area contributed by atoms with Gasteiger partial charge in [0.05, 0.1) is 18.4 Å². The van der Waals surface area contributed by atoms with Gasteiger partial charge >= 0.3 is 0 Å². The maximum atomic E-state index is 12.3. The number of fused-ring (bicyclic) bond motifs is 1.